The smallest absolute Gasteiger partial charge is 0.383 e. The van der Waals surface area contributed by atoms with Crippen molar-refractivity contribution in [1.82, 2.24) is 9.78 Å². The van der Waals surface area contributed by atoms with Crippen molar-refractivity contribution in [2.45, 2.75) is 11.1 Å². The SMILES string of the molecule is C#CCSc1c(C#N)nn(-c2c(Cl)cc(C(F)(F)F)cc2Cl)c1N. The second-order valence-corrected chi connectivity index (χ2v) is 6.17. The quantitative estimate of drug-likeness (QED) is 0.623. The number of nitrogen functional groups attached to an aromatic ring is 1. The molecule has 0 saturated heterocycles. The van der Waals surface area contributed by atoms with Crippen LogP contribution in [0.4, 0.5) is 19.0 Å². The fourth-order valence-electron chi connectivity index (χ4n) is 1.85. The molecule has 2 N–H and O–H groups in total. The minimum atomic E-state index is -4.60. The fourth-order valence-corrected chi connectivity index (χ4v) is 3.18. The number of nitrogens with two attached hydrogens (primary N) is 1. The largest absolute Gasteiger partial charge is 0.416 e. The van der Waals surface area contributed by atoms with Crippen LogP contribution in [0.15, 0.2) is 17.0 Å². The van der Waals surface area contributed by atoms with Crippen LogP contribution in [0.5, 0.6) is 0 Å². The first-order valence-corrected chi connectivity index (χ1v) is 7.86. The Hall–Kier alpha value is -2.00. The summed E-state index contributed by atoms with van der Waals surface area (Å²) in [6.07, 6.45) is 0.567. The number of rotatable bonds is 3. The molecule has 0 unspecified atom stereocenters. The molecule has 124 valence electrons. The molecule has 2 aromatic rings. The van der Waals surface area contributed by atoms with E-state index in [-0.39, 0.29) is 33.0 Å². The number of halogens is 5. The van der Waals surface area contributed by atoms with Gasteiger partial charge in [0.1, 0.15) is 17.6 Å². The molecular formula is C14H7Cl2F3N4S. The van der Waals surface area contributed by atoms with Gasteiger partial charge in [-0.25, -0.2) is 4.68 Å². The molecule has 0 amide bonds. The predicted octanol–water partition coefficient (Wildman–Crippen LogP) is 4.38. The minimum Gasteiger partial charge on any atom is -0.383 e. The standard InChI is InChI=1S/C14H7Cl2F3N4S/c1-2-3-24-12-10(6-20)22-23(13(12)21)11-8(15)4-7(5-9(11)16)14(17,18)19/h1,4-5H,3,21H2. The molecule has 0 atom stereocenters. The highest BCUT2D eigenvalue weighted by Crippen LogP contribution is 2.39. The third-order valence-electron chi connectivity index (χ3n) is 2.84. The molecule has 0 radical (unpaired) electrons. The van der Waals surface area contributed by atoms with E-state index < -0.39 is 11.7 Å². The zero-order valence-electron chi connectivity index (χ0n) is 11.7. The van der Waals surface area contributed by atoms with E-state index in [4.69, 9.17) is 40.6 Å². The lowest BCUT2D eigenvalue weighted by atomic mass is 10.2. The van der Waals surface area contributed by atoms with Gasteiger partial charge in [0.2, 0.25) is 0 Å². The molecule has 10 heteroatoms. The van der Waals surface area contributed by atoms with Crippen molar-refractivity contribution in [2.24, 2.45) is 0 Å². The van der Waals surface area contributed by atoms with Crippen LogP contribution in [-0.4, -0.2) is 15.5 Å². The predicted molar refractivity (Wildman–Crippen MR) is 87.3 cm³/mol. The average Bonchev–Trinajstić information content (AvgIpc) is 2.80. The lowest BCUT2D eigenvalue weighted by molar-refractivity contribution is -0.137. The first-order valence-electron chi connectivity index (χ1n) is 6.12. The summed E-state index contributed by atoms with van der Waals surface area (Å²) in [5.41, 5.74) is 4.85. The van der Waals surface area contributed by atoms with Gasteiger partial charge in [-0.3, -0.25) is 0 Å². The summed E-state index contributed by atoms with van der Waals surface area (Å²) in [4.78, 5) is 0.308. The molecule has 0 bridgehead atoms. The van der Waals surface area contributed by atoms with Crippen molar-refractivity contribution < 1.29 is 13.2 Å². The Labute approximate surface area is 149 Å². The number of hydrogen-bond acceptors (Lipinski definition) is 4. The van der Waals surface area contributed by atoms with E-state index in [1.807, 2.05) is 6.07 Å². The molecule has 2 rings (SSSR count). The van der Waals surface area contributed by atoms with Crippen LogP contribution in [0.1, 0.15) is 11.3 Å². The summed E-state index contributed by atoms with van der Waals surface area (Å²) >= 11 is 13.0. The lowest BCUT2D eigenvalue weighted by Gasteiger charge is -2.13. The highest BCUT2D eigenvalue weighted by Gasteiger charge is 2.32. The van der Waals surface area contributed by atoms with Gasteiger partial charge in [0, 0.05) is 0 Å². The maximum atomic E-state index is 12.8. The summed E-state index contributed by atoms with van der Waals surface area (Å²) < 4.78 is 39.4. The molecule has 1 aromatic heterocycles. The van der Waals surface area contributed by atoms with Crippen molar-refractivity contribution in [3.63, 3.8) is 0 Å². The van der Waals surface area contributed by atoms with Crippen molar-refractivity contribution in [3.05, 3.63) is 33.4 Å². The van der Waals surface area contributed by atoms with E-state index in [0.29, 0.717) is 17.0 Å². The summed E-state index contributed by atoms with van der Waals surface area (Å²) in [5.74, 6) is 2.62. The van der Waals surface area contributed by atoms with Gasteiger partial charge in [0.15, 0.2) is 5.69 Å². The number of anilines is 1. The van der Waals surface area contributed by atoms with Crippen LogP contribution < -0.4 is 5.73 Å². The van der Waals surface area contributed by atoms with E-state index in [1.165, 1.54) is 0 Å². The number of thioether (sulfide) groups is 1. The van der Waals surface area contributed by atoms with Crippen molar-refractivity contribution in [3.8, 4) is 24.1 Å². The number of alkyl halides is 3. The number of nitrogens with zero attached hydrogens (tertiary/aromatic N) is 3. The topological polar surface area (TPSA) is 67.6 Å². The fraction of sp³-hybridized carbons (Fsp3) is 0.143. The van der Waals surface area contributed by atoms with Crippen LogP contribution in [0.2, 0.25) is 10.0 Å². The summed E-state index contributed by atoms with van der Waals surface area (Å²) in [5, 5.41) is 12.5. The number of benzene rings is 1. The van der Waals surface area contributed by atoms with Gasteiger partial charge >= 0.3 is 6.18 Å². The Morgan fingerprint density at radius 2 is 1.92 bits per heavy atom. The molecular weight excluding hydrogens is 384 g/mol. The first kappa shape index (κ1) is 18.3. The number of hydrogen-bond donors (Lipinski definition) is 1. The Morgan fingerprint density at radius 3 is 2.38 bits per heavy atom. The van der Waals surface area contributed by atoms with Crippen LogP contribution in [-0.2, 0) is 6.18 Å². The van der Waals surface area contributed by atoms with E-state index in [0.717, 1.165) is 16.4 Å². The third kappa shape index (κ3) is 3.41. The molecule has 0 aliphatic rings. The highest BCUT2D eigenvalue weighted by atomic mass is 35.5. The Kier molecular flexibility index (Phi) is 5.24. The molecule has 0 aliphatic heterocycles. The van der Waals surface area contributed by atoms with Crippen LogP contribution >= 0.6 is 35.0 Å². The van der Waals surface area contributed by atoms with Crippen molar-refractivity contribution >= 4 is 40.8 Å². The van der Waals surface area contributed by atoms with Gasteiger partial charge in [-0.1, -0.05) is 29.1 Å². The summed E-state index contributed by atoms with van der Waals surface area (Å²) in [7, 11) is 0. The normalized spacial score (nSPS) is 11.1. The number of terminal acetylenes is 1. The first-order chi connectivity index (χ1) is 11.2. The van der Waals surface area contributed by atoms with E-state index in [1.54, 1.807) is 0 Å². The minimum absolute atomic E-state index is 0.00959. The summed E-state index contributed by atoms with van der Waals surface area (Å²) in [6, 6.07) is 3.27. The summed E-state index contributed by atoms with van der Waals surface area (Å²) in [6.45, 7) is 0. The number of nitriles is 1. The molecule has 1 aromatic carbocycles. The van der Waals surface area contributed by atoms with Crippen LogP contribution in [0.25, 0.3) is 5.69 Å². The Balaban J connectivity index is 2.64. The third-order valence-corrected chi connectivity index (χ3v) is 4.42. The maximum absolute atomic E-state index is 12.8. The zero-order valence-corrected chi connectivity index (χ0v) is 14.0. The maximum Gasteiger partial charge on any atom is 0.416 e. The Bertz CT molecular complexity index is 855. The second kappa shape index (κ2) is 6.86. The van der Waals surface area contributed by atoms with Crippen LogP contribution in [0, 0.1) is 23.7 Å². The molecule has 24 heavy (non-hydrogen) atoms. The van der Waals surface area contributed by atoms with Gasteiger partial charge in [0.05, 0.1) is 26.3 Å². The van der Waals surface area contributed by atoms with E-state index in [9.17, 15) is 13.2 Å². The molecule has 1 heterocycles. The molecule has 0 aliphatic carbocycles. The zero-order chi connectivity index (χ0) is 18.1. The van der Waals surface area contributed by atoms with E-state index >= 15 is 0 Å². The van der Waals surface area contributed by atoms with Gasteiger partial charge in [-0.05, 0) is 12.1 Å². The van der Waals surface area contributed by atoms with Crippen molar-refractivity contribution in [2.75, 3.05) is 11.5 Å². The average molecular weight is 391 g/mol. The molecule has 4 nitrogen and oxygen atoms in total. The second-order valence-electron chi connectivity index (χ2n) is 4.37. The monoisotopic (exact) mass is 390 g/mol. The van der Waals surface area contributed by atoms with Gasteiger partial charge < -0.3 is 5.73 Å². The van der Waals surface area contributed by atoms with Crippen molar-refractivity contribution in [1.29, 1.82) is 5.26 Å². The highest BCUT2D eigenvalue weighted by molar-refractivity contribution is 7.99. The molecule has 0 saturated carbocycles. The van der Waals surface area contributed by atoms with Gasteiger partial charge in [0.25, 0.3) is 0 Å². The van der Waals surface area contributed by atoms with Gasteiger partial charge in [-0.2, -0.15) is 23.5 Å². The molecule has 0 spiro atoms. The molecule has 0 fully saturated rings. The number of aromatic nitrogens is 2. The Morgan fingerprint density at radius 1 is 1.33 bits per heavy atom. The van der Waals surface area contributed by atoms with Gasteiger partial charge in [-0.15, -0.1) is 18.2 Å². The van der Waals surface area contributed by atoms with E-state index in [2.05, 4.69) is 11.0 Å². The lowest BCUT2D eigenvalue weighted by Crippen LogP contribution is -2.08. The van der Waals surface area contributed by atoms with Crippen LogP contribution in [0.3, 0.4) is 0 Å².